The summed E-state index contributed by atoms with van der Waals surface area (Å²) in [6.07, 6.45) is -0.724. The molecule has 7 heteroatoms. The zero-order valence-corrected chi connectivity index (χ0v) is 12.9. The number of nitrogens with zero attached hydrogens (tertiary/aromatic N) is 1. The van der Waals surface area contributed by atoms with E-state index in [1.807, 2.05) is 0 Å². The third kappa shape index (κ3) is 3.64. The SMILES string of the molecule is O[C@@H]1[C@@H](O)[C@H](Oc2cccc(-c3cncc(F)c3)c2)SC[C@H]1O. The zero-order valence-electron chi connectivity index (χ0n) is 12.0. The summed E-state index contributed by atoms with van der Waals surface area (Å²) in [5.41, 5.74) is 0.655. The fourth-order valence-corrected chi connectivity index (χ4v) is 3.46. The maximum absolute atomic E-state index is 13.3. The first-order chi connectivity index (χ1) is 11.0. The van der Waals surface area contributed by atoms with Crippen molar-refractivity contribution in [2.75, 3.05) is 5.75 Å². The van der Waals surface area contributed by atoms with Gasteiger partial charge < -0.3 is 20.1 Å². The van der Waals surface area contributed by atoms with Crippen molar-refractivity contribution in [1.82, 2.24) is 4.98 Å². The highest BCUT2D eigenvalue weighted by atomic mass is 32.2. The molecule has 2 heterocycles. The summed E-state index contributed by atoms with van der Waals surface area (Å²) in [6, 6.07) is 8.34. The van der Waals surface area contributed by atoms with Crippen LogP contribution in [0.3, 0.4) is 0 Å². The van der Waals surface area contributed by atoms with Crippen LogP contribution < -0.4 is 4.74 Å². The normalized spacial score (nSPS) is 27.7. The molecule has 0 radical (unpaired) electrons. The van der Waals surface area contributed by atoms with E-state index >= 15 is 0 Å². The third-order valence-corrected chi connectivity index (χ3v) is 4.82. The van der Waals surface area contributed by atoms with Crippen molar-refractivity contribution in [2.45, 2.75) is 23.7 Å². The van der Waals surface area contributed by atoms with Crippen molar-refractivity contribution in [3.8, 4) is 16.9 Å². The minimum absolute atomic E-state index is 0.274. The number of ether oxygens (including phenoxy) is 1. The molecule has 1 fully saturated rings. The van der Waals surface area contributed by atoms with Crippen LogP contribution in [0.25, 0.3) is 11.1 Å². The van der Waals surface area contributed by atoms with Crippen molar-refractivity contribution in [3.63, 3.8) is 0 Å². The lowest BCUT2D eigenvalue weighted by molar-refractivity contribution is -0.0786. The lowest BCUT2D eigenvalue weighted by Crippen LogP contribution is -2.50. The number of aliphatic hydroxyl groups is 3. The van der Waals surface area contributed by atoms with Crippen LogP contribution in [0.1, 0.15) is 0 Å². The molecule has 1 aromatic heterocycles. The Labute approximate surface area is 136 Å². The van der Waals surface area contributed by atoms with Crippen LogP contribution >= 0.6 is 11.8 Å². The lowest BCUT2D eigenvalue weighted by atomic mass is 10.1. The van der Waals surface area contributed by atoms with Crippen molar-refractivity contribution >= 4 is 11.8 Å². The summed E-state index contributed by atoms with van der Waals surface area (Å²) in [5.74, 6) is 0.326. The van der Waals surface area contributed by atoms with Crippen LogP contribution in [0.4, 0.5) is 4.39 Å². The van der Waals surface area contributed by atoms with E-state index in [1.54, 1.807) is 30.5 Å². The Kier molecular flexibility index (Phi) is 4.82. The molecule has 1 aliphatic rings. The highest BCUT2D eigenvalue weighted by Crippen LogP contribution is 2.31. The van der Waals surface area contributed by atoms with Gasteiger partial charge in [0.05, 0.1) is 12.3 Å². The summed E-state index contributed by atoms with van der Waals surface area (Å²) < 4.78 is 19.0. The molecular weight excluding hydrogens is 321 g/mol. The zero-order chi connectivity index (χ0) is 16.4. The van der Waals surface area contributed by atoms with Gasteiger partial charge in [-0.25, -0.2) is 4.39 Å². The van der Waals surface area contributed by atoms with Gasteiger partial charge in [0.15, 0.2) is 5.44 Å². The number of rotatable bonds is 3. The van der Waals surface area contributed by atoms with Crippen LogP contribution in [-0.2, 0) is 0 Å². The van der Waals surface area contributed by atoms with Gasteiger partial charge in [-0.15, -0.1) is 11.8 Å². The summed E-state index contributed by atoms with van der Waals surface area (Å²) >= 11 is 1.23. The molecule has 1 aliphatic heterocycles. The first-order valence-electron chi connectivity index (χ1n) is 7.08. The summed E-state index contributed by atoms with van der Waals surface area (Å²) in [7, 11) is 0. The van der Waals surface area contributed by atoms with E-state index in [9.17, 15) is 19.7 Å². The number of thioether (sulfide) groups is 1. The number of pyridine rings is 1. The van der Waals surface area contributed by atoms with E-state index in [2.05, 4.69) is 4.98 Å². The van der Waals surface area contributed by atoms with Gasteiger partial charge in [0.2, 0.25) is 0 Å². The van der Waals surface area contributed by atoms with Crippen LogP contribution in [0, 0.1) is 5.82 Å². The van der Waals surface area contributed by atoms with Gasteiger partial charge in [0.25, 0.3) is 0 Å². The Hall–Kier alpha value is -1.67. The summed E-state index contributed by atoms with van der Waals surface area (Å²) in [6.45, 7) is 0. The topological polar surface area (TPSA) is 82.8 Å². The average Bonchev–Trinajstić information content (AvgIpc) is 2.56. The fraction of sp³-hybridized carbons (Fsp3) is 0.312. The second kappa shape index (κ2) is 6.84. The molecular formula is C16H16FNO4S. The van der Waals surface area contributed by atoms with Gasteiger partial charge in [-0.1, -0.05) is 12.1 Å². The summed E-state index contributed by atoms with van der Waals surface area (Å²) in [4.78, 5) is 3.82. The van der Waals surface area contributed by atoms with E-state index in [0.717, 1.165) is 11.8 Å². The smallest absolute Gasteiger partial charge is 0.173 e. The van der Waals surface area contributed by atoms with Crippen molar-refractivity contribution < 1.29 is 24.4 Å². The van der Waals surface area contributed by atoms with Crippen LogP contribution in [0.2, 0.25) is 0 Å². The first-order valence-corrected chi connectivity index (χ1v) is 8.13. The molecule has 2 aromatic rings. The Bertz CT molecular complexity index is 687. The lowest BCUT2D eigenvalue weighted by Gasteiger charge is -2.34. The molecule has 0 saturated carbocycles. The molecule has 4 atom stereocenters. The molecule has 23 heavy (non-hydrogen) atoms. The number of aliphatic hydroxyl groups excluding tert-OH is 3. The minimum Gasteiger partial charge on any atom is -0.477 e. The van der Waals surface area contributed by atoms with E-state index in [1.165, 1.54) is 17.8 Å². The minimum atomic E-state index is -1.24. The Balaban J connectivity index is 1.78. The Morgan fingerprint density at radius 2 is 1.91 bits per heavy atom. The molecule has 1 aromatic carbocycles. The standard InChI is InChI=1S/C16H16FNO4S/c17-11-4-10(6-18-7-11)9-2-1-3-12(5-9)22-16-15(21)14(20)13(19)8-23-16/h1-7,13-16,19-21H,8H2/t13-,14+,15-,16-/m1/s1. The molecule has 1 saturated heterocycles. The van der Waals surface area contributed by atoms with Gasteiger partial charge in [-0.2, -0.15) is 0 Å². The fourth-order valence-electron chi connectivity index (χ4n) is 2.34. The maximum Gasteiger partial charge on any atom is 0.173 e. The summed E-state index contributed by atoms with van der Waals surface area (Å²) in [5, 5.41) is 29.2. The average molecular weight is 337 g/mol. The molecule has 5 nitrogen and oxygen atoms in total. The van der Waals surface area contributed by atoms with Gasteiger partial charge >= 0.3 is 0 Å². The van der Waals surface area contributed by atoms with Crippen molar-refractivity contribution in [1.29, 1.82) is 0 Å². The molecule has 0 unspecified atom stereocenters. The molecule has 3 rings (SSSR count). The Morgan fingerprint density at radius 3 is 2.70 bits per heavy atom. The highest BCUT2D eigenvalue weighted by molar-refractivity contribution is 7.99. The molecule has 0 amide bonds. The quantitative estimate of drug-likeness (QED) is 0.786. The van der Waals surface area contributed by atoms with E-state index in [0.29, 0.717) is 11.3 Å². The number of hydrogen-bond donors (Lipinski definition) is 3. The molecule has 122 valence electrons. The van der Waals surface area contributed by atoms with Crippen LogP contribution in [0.15, 0.2) is 42.7 Å². The predicted octanol–water partition coefficient (Wildman–Crippen LogP) is 1.42. The molecule has 0 bridgehead atoms. The van der Waals surface area contributed by atoms with E-state index < -0.39 is 29.6 Å². The van der Waals surface area contributed by atoms with Crippen molar-refractivity contribution in [3.05, 3.63) is 48.5 Å². The third-order valence-electron chi connectivity index (χ3n) is 3.58. The second-order valence-electron chi connectivity index (χ2n) is 5.29. The molecule has 0 aliphatic carbocycles. The molecule has 0 spiro atoms. The van der Waals surface area contributed by atoms with Gasteiger partial charge in [-0.3, -0.25) is 4.98 Å². The highest BCUT2D eigenvalue weighted by Gasteiger charge is 2.38. The first kappa shape index (κ1) is 16.2. The maximum atomic E-state index is 13.3. The number of benzene rings is 1. The predicted molar refractivity (Wildman–Crippen MR) is 84.5 cm³/mol. The molecule has 3 N–H and O–H groups in total. The van der Waals surface area contributed by atoms with E-state index in [-0.39, 0.29) is 5.75 Å². The van der Waals surface area contributed by atoms with Crippen molar-refractivity contribution in [2.24, 2.45) is 0 Å². The van der Waals surface area contributed by atoms with Gasteiger partial charge in [-0.05, 0) is 23.8 Å². The second-order valence-corrected chi connectivity index (χ2v) is 6.42. The van der Waals surface area contributed by atoms with E-state index in [4.69, 9.17) is 4.74 Å². The number of halogens is 1. The Morgan fingerprint density at radius 1 is 1.09 bits per heavy atom. The monoisotopic (exact) mass is 337 g/mol. The largest absolute Gasteiger partial charge is 0.477 e. The van der Waals surface area contributed by atoms with Crippen LogP contribution in [-0.4, -0.2) is 49.8 Å². The number of hydrogen-bond acceptors (Lipinski definition) is 6. The number of aromatic nitrogens is 1. The van der Waals surface area contributed by atoms with Gasteiger partial charge in [0.1, 0.15) is 23.8 Å². The van der Waals surface area contributed by atoms with Crippen LogP contribution in [0.5, 0.6) is 5.75 Å². The van der Waals surface area contributed by atoms with Gasteiger partial charge in [0, 0.05) is 17.5 Å².